The van der Waals surface area contributed by atoms with Crippen LogP contribution in [0.3, 0.4) is 0 Å². The van der Waals surface area contributed by atoms with Gasteiger partial charge in [0.05, 0.1) is 0 Å². The molecule has 1 aromatic heterocycles. The fraction of sp³-hybridized carbons (Fsp3) is 0.105. The molecule has 3 aromatic rings. The van der Waals surface area contributed by atoms with Crippen molar-refractivity contribution in [3.8, 4) is 0 Å². The highest BCUT2D eigenvalue weighted by Gasteiger charge is 2.34. The second-order valence-corrected chi connectivity index (χ2v) is 5.19. The number of rotatable bonds is 3. The summed E-state index contributed by atoms with van der Waals surface area (Å²) in [5.41, 5.74) is 1.45. The number of benzene rings is 2. The Kier molecular flexibility index (Phi) is 3.55. The number of aromatic nitrogens is 1. The van der Waals surface area contributed by atoms with Gasteiger partial charge in [-0.1, -0.05) is 60.7 Å². The van der Waals surface area contributed by atoms with Gasteiger partial charge in [-0.15, -0.1) is 0 Å². The van der Waals surface area contributed by atoms with Crippen LogP contribution in [0.15, 0.2) is 85.2 Å². The van der Waals surface area contributed by atoms with Crippen LogP contribution in [0.25, 0.3) is 0 Å². The molecule has 2 nitrogen and oxygen atoms in total. The number of aryl methyl sites for hydroxylation is 1. The summed E-state index contributed by atoms with van der Waals surface area (Å²) < 4.78 is 1.96. The average molecular weight is 276 g/mol. The summed E-state index contributed by atoms with van der Waals surface area (Å²) in [6.45, 7) is 0. The molecule has 0 atom stereocenters. The van der Waals surface area contributed by atoms with Gasteiger partial charge in [0.15, 0.2) is 12.4 Å². The summed E-state index contributed by atoms with van der Waals surface area (Å²) >= 11 is 0. The number of hydrogen-bond acceptors (Lipinski definition) is 1. The van der Waals surface area contributed by atoms with Crippen molar-refractivity contribution in [3.05, 3.63) is 102 Å². The molecular weight excluding hydrogens is 258 g/mol. The van der Waals surface area contributed by atoms with Crippen LogP contribution in [0, 0.1) is 0 Å². The van der Waals surface area contributed by atoms with Gasteiger partial charge in [0, 0.05) is 17.7 Å². The van der Waals surface area contributed by atoms with Crippen molar-refractivity contribution >= 4 is 0 Å². The zero-order valence-electron chi connectivity index (χ0n) is 12.0. The molecule has 0 fully saturated rings. The summed E-state index contributed by atoms with van der Waals surface area (Å²) in [6, 6.07) is 23.5. The van der Waals surface area contributed by atoms with Gasteiger partial charge in [-0.25, -0.2) is 4.57 Å². The predicted molar refractivity (Wildman–Crippen MR) is 82.6 cm³/mol. The largest absolute Gasteiger partial charge is 0.376 e. The zero-order chi connectivity index (χ0) is 14.7. The first-order valence-corrected chi connectivity index (χ1v) is 7.00. The lowest BCUT2D eigenvalue weighted by Crippen LogP contribution is -2.32. The Morgan fingerprint density at radius 3 is 1.48 bits per heavy atom. The minimum absolute atomic E-state index is 0.859. The Labute approximate surface area is 124 Å². The van der Waals surface area contributed by atoms with Crippen LogP contribution in [0.4, 0.5) is 0 Å². The highest BCUT2D eigenvalue weighted by Crippen LogP contribution is 2.35. The molecule has 3 rings (SSSR count). The van der Waals surface area contributed by atoms with Gasteiger partial charge in [-0.05, 0) is 11.1 Å². The molecule has 21 heavy (non-hydrogen) atoms. The maximum Gasteiger partial charge on any atom is 0.168 e. The van der Waals surface area contributed by atoms with E-state index >= 15 is 0 Å². The molecule has 0 aliphatic rings. The highest BCUT2D eigenvalue weighted by atomic mass is 16.3. The Morgan fingerprint density at radius 2 is 1.05 bits per heavy atom. The van der Waals surface area contributed by atoms with Crippen LogP contribution in [0.1, 0.15) is 16.7 Å². The first-order chi connectivity index (χ1) is 10.2. The van der Waals surface area contributed by atoms with Crippen molar-refractivity contribution in [2.24, 2.45) is 7.05 Å². The quantitative estimate of drug-likeness (QED) is 0.731. The molecule has 0 bridgehead atoms. The van der Waals surface area contributed by atoms with Crippen LogP contribution in [0.5, 0.6) is 0 Å². The summed E-state index contributed by atoms with van der Waals surface area (Å²) in [6.07, 6.45) is 3.90. The maximum atomic E-state index is 11.5. The monoisotopic (exact) mass is 276 g/mol. The van der Waals surface area contributed by atoms with E-state index in [1.165, 1.54) is 0 Å². The second-order valence-electron chi connectivity index (χ2n) is 5.19. The Hall–Kier alpha value is -2.45. The molecule has 0 saturated carbocycles. The van der Waals surface area contributed by atoms with E-state index in [2.05, 4.69) is 0 Å². The SMILES string of the molecule is C[n+]1ccc(C(O)(c2ccccc2)c2ccccc2)cc1. The molecular formula is C19H18NO+. The lowest BCUT2D eigenvalue weighted by Gasteiger charge is -2.29. The summed E-state index contributed by atoms with van der Waals surface area (Å²) in [5.74, 6) is 0. The molecule has 0 amide bonds. The van der Waals surface area contributed by atoms with Crippen LogP contribution >= 0.6 is 0 Å². The molecule has 0 radical (unpaired) electrons. The number of hydrogen-bond donors (Lipinski definition) is 1. The van der Waals surface area contributed by atoms with E-state index < -0.39 is 5.60 Å². The third-order valence-electron chi connectivity index (χ3n) is 3.78. The van der Waals surface area contributed by atoms with E-state index in [0.29, 0.717) is 0 Å². The molecule has 2 heteroatoms. The minimum atomic E-state index is -1.14. The summed E-state index contributed by atoms with van der Waals surface area (Å²) in [4.78, 5) is 0. The molecule has 0 spiro atoms. The normalized spacial score (nSPS) is 11.3. The molecule has 0 unspecified atom stereocenters. The molecule has 104 valence electrons. The summed E-state index contributed by atoms with van der Waals surface area (Å²) in [7, 11) is 1.97. The van der Waals surface area contributed by atoms with E-state index in [4.69, 9.17) is 0 Å². The fourth-order valence-corrected chi connectivity index (χ4v) is 2.60. The van der Waals surface area contributed by atoms with E-state index in [-0.39, 0.29) is 0 Å². The van der Waals surface area contributed by atoms with Crippen molar-refractivity contribution < 1.29 is 9.67 Å². The van der Waals surface area contributed by atoms with Gasteiger partial charge in [0.25, 0.3) is 0 Å². The lowest BCUT2D eigenvalue weighted by atomic mass is 9.81. The third kappa shape index (κ3) is 2.46. The Balaban J connectivity index is 2.23. The lowest BCUT2D eigenvalue weighted by molar-refractivity contribution is -0.671. The van der Waals surface area contributed by atoms with Crippen molar-refractivity contribution in [1.82, 2.24) is 0 Å². The first-order valence-electron chi connectivity index (χ1n) is 7.00. The van der Waals surface area contributed by atoms with E-state index in [1.54, 1.807) is 0 Å². The minimum Gasteiger partial charge on any atom is -0.376 e. The van der Waals surface area contributed by atoms with Crippen molar-refractivity contribution in [2.45, 2.75) is 5.60 Å². The van der Waals surface area contributed by atoms with Crippen molar-refractivity contribution in [2.75, 3.05) is 0 Å². The van der Waals surface area contributed by atoms with Gasteiger partial charge in [0.2, 0.25) is 0 Å². The Morgan fingerprint density at radius 1 is 0.667 bits per heavy atom. The highest BCUT2D eigenvalue weighted by molar-refractivity contribution is 5.45. The van der Waals surface area contributed by atoms with Crippen molar-refractivity contribution in [1.29, 1.82) is 0 Å². The molecule has 0 saturated heterocycles. The smallest absolute Gasteiger partial charge is 0.168 e. The molecule has 1 heterocycles. The van der Waals surface area contributed by atoms with Crippen LogP contribution < -0.4 is 4.57 Å². The van der Waals surface area contributed by atoms with Crippen LogP contribution in [0.2, 0.25) is 0 Å². The van der Waals surface area contributed by atoms with E-state index in [9.17, 15) is 5.11 Å². The van der Waals surface area contributed by atoms with Gasteiger partial charge < -0.3 is 5.11 Å². The van der Waals surface area contributed by atoms with Gasteiger partial charge >= 0.3 is 0 Å². The standard InChI is InChI=1S/C19H18NO/c1-20-14-12-18(13-15-20)19(21,16-8-4-2-5-9-16)17-10-6-3-7-11-17/h2-15,21H,1H3/q+1. The van der Waals surface area contributed by atoms with Crippen LogP contribution in [-0.4, -0.2) is 5.11 Å². The van der Waals surface area contributed by atoms with Gasteiger partial charge in [-0.3, -0.25) is 0 Å². The van der Waals surface area contributed by atoms with Gasteiger partial charge in [0.1, 0.15) is 12.6 Å². The number of pyridine rings is 1. The first kappa shape index (κ1) is 13.5. The molecule has 2 aromatic carbocycles. The second kappa shape index (κ2) is 5.51. The maximum absolute atomic E-state index is 11.5. The predicted octanol–water partition coefficient (Wildman–Crippen LogP) is 2.80. The Bertz CT molecular complexity index is 666. The third-order valence-corrected chi connectivity index (χ3v) is 3.78. The zero-order valence-corrected chi connectivity index (χ0v) is 12.0. The molecule has 1 N–H and O–H groups in total. The number of aliphatic hydroxyl groups is 1. The summed E-state index contributed by atoms with van der Waals surface area (Å²) in [5, 5.41) is 11.5. The fourth-order valence-electron chi connectivity index (χ4n) is 2.60. The topological polar surface area (TPSA) is 24.1 Å². The average Bonchev–Trinajstić information content (AvgIpc) is 2.56. The molecule has 0 aliphatic heterocycles. The van der Waals surface area contributed by atoms with Crippen molar-refractivity contribution in [3.63, 3.8) is 0 Å². The van der Waals surface area contributed by atoms with Crippen LogP contribution in [-0.2, 0) is 12.6 Å². The van der Waals surface area contributed by atoms with E-state index in [0.717, 1.165) is 16.7 Å². The van der Waals surface area contributed by atoms with Gasteiger partial charge in [-0.2, -0.15) is 0 Å². The number of nitrogens with zero attached hydrogens (tertiary/aromatic N) is 1. The van der Waals surface area contributed by atoms with E-state index in [1.807, 2.05) is 96.8 Å². The molecule has 0 aliphatic carbocycles.